The third kappa shape index (κ3) is 33.4. The average Bonchev–Trinajstić information content (AvgIpc) is 2.83. The van der Waals surface area contributed by atoms with E-state index in [-0.39, 0.29) is 6.42 Å². The first kappa shape index (κ1) is 36.6. The standard InChI is InChI=1S/C18H36O2.C14H31N/c1-2-3-4-5-6-7-8-9-10-11-12-13-14-15-16-17-18(19)20;1-5-7-8-9-10-11-12-13-15(6-2)14(3)4/h2-17H2,1H3,(H,19,20);14H,5-13H2,1-4H3. The van der Waals surface area contributed by atoms with Crippen molar-refractivity contribution in [1.82, 2.24) is 0 Å². The van der Waals surface area contributed by atoms with E-state index in [1.165, 1.54) is 142 Å². The van der Waals surface area contributed by atoms with Crippen LogP contribution in [0.2, 0.25) is 0 Å². The molecule has 212 valence electrons. The fourth-order valence-corrected chi connectivity index (χ4v) is 4.82. The fourth-order valence-electron chi connectivity index (χ4n) is 4.82. The van der Waals surface area contributed by atoms with Gasteiger partial charge < -0.3 is 14.8 Å². The second kappa shape index (κ2) is 31.5. The van der Waals surface area contributed by atoms with Crippen molar-refractivity contribution in [2.75, 3.05) is 13.1 Å². The van der Waals surface area contributed by atoms with Gasteiger partial charge in [-0.05, 0) is 46.5 Å². The first-order valence-corrected chi connectivity index (χ1v) is 16.0. The normalized spacial score (nSPS) is 11.9. The molecule has 0 aromatic heterocycles. The number of rotatable bonds is 26. The minimum Gasteiger partial charge on any atom is -0.550 e. The molecule has 0 aliphatic heterocycles. The molecular formula is C32H67NO2. The summed E-state index contributed by atoms with van der Waals surface area (Å²) in [5.74, 6) is -0.903. The Hall–Kier alpha value is -0.570. The molecule has 0 amide bonds. The summed E-state index contributed by atoms with van der Waals surface area (Å²) in [7, 11) is 0. The van der Waals surface area contributed by atoms with Crippen molar-refractivity contribution in [3.05, 3.63) is 0 Å². The average molecular weight is 498 g/mol. The molecule has 0 fully saturated rings. The number of carbonyl (C=O) groups is 1. The van der Waals surface area contributed by atoms with Crippen LogP contribution >= 0.6 is 0 Å². The van der Waals surface area contributed by atoms with Gasteiger partial charge in [0.2, 0.25) is 0 Å². The van der Waals surface area contributed by atoms with Crippen LogP contribution < -0.4 is 10.0 Å². The van der Waals surface area contributed by atoms with Crippen molar-refractivity contribution in [3.8, 4) is 0 Å². The van der Waals surface area contributed by atoms with Crippen LogP contribution in [0.15, 0.2) is 0 Å². The quantitative estimate of drug-likeness (QED) is 0.123. The number of carboxylic acid groups (broad SMARTS) is 1. The monoisotopic (exact) mass is 498 g/mol. The van der Waals surface area contributed by atoms with Gasteiger partial charge in [0.25, 0.3) is 0 Å². The Morgan fingerprint density at radius 1 is 0.543 bits per heavy atom. The highest BCUT2D eigenvalue weighted by molar-refractivity contribution is 5.63. The molecule has 0 spiro atoms. The molecule has 0 radical (unpaired) electrons. The predicted molar refractivity (Wildman–Crippen MR) is 154 cm³/mol. The van der Waals surface area contributed by atoms with Crippen LogP contribution in [0.5, 0.6) is 0 Å². The summed E-state index contributed by atoms with van der Waals surface area (Å²) in [5.41, 5.74) is 0. The van der Waals surface area contributed by atoms with E-state index in [0.29, 0.717) is 0 Å². The van der Waals surface area contributed by atoms with Crippen molar-refractivity contribution in [2.24, 2.45) is 0 Å². The Kier molecular flexibility index (Phi) is 32.9. The molecule has 0 bridgehead atoms. The van der Waals surface area contributed by atoms with Crippen LogP contribution in [-0.2, 0) is 4.79 Å². The minimum absolute atomic E-state index is 0.234. The van der Waals surface area contributed by atoms with Crippen LogP contribution in [0.1, 0.15) is 182 Å². The van der Waals surface area contributed by atoms with Gasteiger partial charge in [-0.1, -0.05) is 136 Å². The molecule has 0 rings (SSSR count). The van der Waals surface area contributed by atoms with E-state index in [9.17, 15) is 9.90 Å². The van der Waals surface area contributed by atoms with Gasteiger partial charge in [-0.2, -0.15) is 0 Å². The Labute approximate surface area is 222 Å². The predicted octanol–water partition coefficient (Wildman–Crippen LogP) is 8.05. The molecule has 3 nitrogen and oxygen atoms in total. The Balaban J connectivity index is 0. The molecule has 1 atom stereocenters. The van der Waals surface area contributed by atoms with Crippen molar-refractivity contribution >= 4 is 5.97 Å². The zero-order chi connectivity index (χ0) is 26.4. The molecule has 0 aliphatic rings. The van der Waals surface area contributed by atoms with E-state index in [4.69, 9.17) is 0 Å². The fraction of sp³-hybridized carbons (Fsp3) is 0.969. The molecule has 3 heteroatoms. The molecular weight excluding hydrogens is 430 g/mol. The summed E-state index contributed by atoms with van der Waals surface area (Å²) in [5, 5.41) is 10.2. The Morgan fingerprint density at radius 3 is 1.14 bits per heavy atom. The van der Waals surface area contributed by atoms with Gasteiger partial charge in [0.1, 0.15) is 0 Å². The lowest BCUT2D eigenvalue weighted by molar-refractivity contribution is -0.920. The summed E-state index contributed by atoms with van der Waals surface area (Å²) >= 11 is 0. The van der Waals surface area contributed by atoms with Gasteiger partial charge in [0.15, 0.2) is 0 Å². The van der Waals surface area contributed by atoms with Crippen LogP contribution in [0.3, 0.4) is 0 Å². The van der Waals surface area contributed by atoms with Gasteiger partial charge in [-0.15, -0.1) is 0 Å². The van der Waals surface area contributed by atoms with Crippen LogP contribution in [0.25, 0.3) is 0 Å². The number of carbonyl (C=O) groups excluding carboxylic acids is 1. The van der Waals surface area contributed by atoms with E-state index in [1.807, 2.05) is 0 Å². The lowest BCUT2D eigenvalue weighted by Gasteiger charge is -2.21. The lowest BCUT2D eigenvalue weighted by Crippen LogP contribution is -3.14. The Morgan fingerprint density at radius 2 is 0.857 bits per heavy atom. The third-order valence-electron chi connectivity index (χ3n) is 7.36. The number of unbranched alkanes of at least 4 members (excludes halogenated alkanes) is 20. The summed E-state index contributed by atoms with van der Waals surface area (Å²) in [4.78, 5) is 12.0. The molecule has 0 saturated carbocycles. The second-order valence-electron chi connectivity index (χ2n) is 11.1. The maximum atomic E-state index is 10.2. The SMILES string of the molecule is CCCCCCCCCCCCCCCCCC(=O)[O-].CCCCCCCCC[NH+](CC)C(C)C. The molecule has 1 unspecified atom stereocenters. The highest BCUT2D eigenvalue weighted by Gasteiger charge is 2.08. The number of nitrogens with one attached hydrogen (secondary N) is 1. The van der Waals surface area contributed by atoms with Crippen molar-refractivity contribution in [3.63, 3.8) is 0 Å². The highest BCUT2D eigenvalue weighted by Crippen LogP contribution is 2.13. The van der Waals surface area contributed by atoms with E-state index in [1.54, 1.807) is 4.90 Å². The number of quaternary nitrogens is 1. The third-order valence-corrected chi connectivity index (χ3v) is 7.36. The lowest BCUT2D eigenvalue weighted by atomic mass is 10.0. The van der Waals surface area contributed by atoms with Gasteiger partial charge in [0.05, 0.1) is 19.1 Å². The molecule has 0 aromatic carbocycles. The number of hydrogen-bond donors (Lipinski definition) is 1. The van der Waals surface area contributed by atoms with Crippen molar-refractivity contribution in [2.45, 2.75) is 188 Å². The zero-order valence-corrected chi connectivity index (χ0v) is 25.1. The second-order valence-corrected chi connectivity index (χ2v) is 11.1. The number of carboxylic acids is 1. The summed E-state index contributed by atoms with van der Waals surface area (Å²) in [6.07, 6.45) is 29.9. The van der Waals surface area contributed by atoms with E-state index in [2.05, 4.69) is 34.6 Å². The maximum Gasteiger partial charge on any atom is 0.0817 e. The maximum absolute atomic E-state index is 10.2. The van der Waals surface area contributed by atoms with Crippen molar-refractivity contribution in [1.29, 1.82) is 0 Å². The molecule has 0 heterocycles. The molecule has 1 N–H and O–H groups in total. The van der Waals surface area contributed by atoms with Crippen molar-refractivity contribution < 1.29 is 14.8 Å². The molecule has 35 heavy (non-hydrogen) atoms. The zero-order valence-electron chi connectivity index (χ0n) is 25.1. The number of hydrogen-bond acceptors (Lipinski definition) is 2. The van der Waals surface area contributed by atoms with Crippen LogP contribution in [-0.4, -0.2) is 25.1 Å². The van der Waals surface area contributed by atoms with Crippen LogP contribution in [0.4, 0.5) is 0 Å². The van der Waals surface area contributed by atoms with Crippen LogP contribution in [0, 0.1) is 0 Å². The van der Waals surface area contributed by atoms with Gasteiger partial charge in [-0.25, -0.2) is 0 Å². The summed E-state index contributed by atoms with van der Waals surface area (Å²) in [6, 6.07) is 0.801. The number of aliphatic carboxylic acids is 1. The highest BCUT2D eigenvalue weighted by atomic mass is 16.4. The molecule has 0 saturated heterocycles. The first-order chi connectivity index (χ1) is 17.0. The Bertz CT molecular complexity index is 397. The summed E-state index contributed by atoms with van der Waals surface area (Å²) in [6.45, 7) is 14.2. The van der Waals surface area contributed by atoms with Gasteiger partial charge in [-0.3, -0.25) is 0 Å². The smallest absolute Gasteiger partial charge is 0.0817 e. The largest absolute Gasteiger partial charge is 0.550 e. The van der Waals surface area contributed by atoms with Gasteiger partial charge >= 0.3 is 0 Å². The van der Waals surface area contributed by atoms with E-state index in [0.717, 1.165) is 18.9 Å². The first-order valence-electron chi connectivity index (χ1n) is 16.0. The molecule has 0 aromatic rings. The van der Waals surface area contributed by atoms with E-state index >= 15 is 0 Å². The minimum atomic E-state index is -0.903. The topological polar surface area (TPSA) is 44.6 Å². The molecule has 0 aliphatic carbocycles. The summed E-state index contributed by atoms with van der Waals surface area (Å²) < 4.78 is 0. The van der Waals surface area contributed by atoms with E-state index < -0.39 is 5.97 Å². The van der Waals surface area contributed by atoms with Gasteiger partial charge in [0, 0.05) is 5.97 Å².